The van der Waals surface area contributed by atoms with Crippen molar-refractivity contribution in [3.05, 3.63) is 66.2 Å². The van der Waals surface area contributed by atoms with Crippen LogP contribution in [0.5, 0.6) is 0 Å². The molecule has 3 nitrogen and oxygen atoms in total. The summed E-state index contributed by atoms with van der Waals surface area (Å²) in [6.45, 7) is 0. The Labute approximate surface area is 122 Å². The standard InChI is InChI=1S/C18H14N2O/c19-18(21)16-10-9-12-5-1-3-7-14(12)17-11-13-6-2-4-8-15(13)20(16)17/h1-11,16H,(H2,19,21). The Morgan fingerprint density at radius 1 is 1.05 bits per heavy atom. The third kappa shape index (κ3) is 1.71. The summed E-state index contributed by atoms with van der Waals surface area (Å²) in [6, 6.07) is 17.9. The molecule has 0 saturated carbocycles. The van der Waals surface area contributed by atoms with Crippen molar-refractivity contribution in [1.82, 2.24) is 4.57 Å². The molecule has 21 heavy (non-hydrogen) atoms. The lowest BCUT2D eigenvalue weighted by Crippen LogP contribution is -2.24. The van der Waals surface area contributed by atoms with Crippen LogP contribution in [0.25, 0.3) is 28.2 Å². The van der Waals surface area contributed by atoms with Gasteiger partial charge in [0.25, 0.3) is 0 Å². The molecule has 0 spiro atoms. The van der Waals surface area contributed by atoms with Gasteiger partial charge in [-0.15, -0.1) is 0 Å². The van der Waals surface area contributed by atoms with Gasteiger partial charge in [-0.1, -0.05) is 54.6 Å². The quantitative estimate of drug-likeness (QED) is 0.726. The van der Waals surface area contributed by atoms with Crippen molar-refractivity contribution in [2.45, 2.75) is 6.04 Å². The molecule has 3 aromatic rings. The van der Waals surface area contributed by atoms with Crippen LogP contribution in [0, 0.1) is 0 Å². The first-order chi connectivity index (χ1) is 10.3. The number of rotatable bonds is 1. The van der Waals surface area contributed by atoms with E-state index in [9.17, 15) is 4.79 Å². The Hall–Kier alpha value is -2.81. The van der Waals surface area contributed by atoms with Crippen molar-refractivity contribution < 1.29 is 4.79 Å². The molecule has 0 radical (unpaired) electrons. The van der Waals surface area contributed by atoms with E-state index >= 15 is 0 Å². The highest BCUT2D eigenvalue weighted by atomic mass is 16.1. The van der Waals surface area contributed by atoms with E-state index in [2.05, 4.69) is 24.3 Å². The lowest BCUT2D eigenvalue weighted by Gasteiger charge is -2.15. The van der Waals surface area contributed by atoms with Crippen LogP contribution in [-0.4, -0.2) is 10.5 Å². The van der Waals surface area contributed by atoms with Gasteiger partial charge in [0.2, 0.25) is 5.91 Å². The fourth-order valence-electron chi connectivity index (χ4n) is 3.06. The number of carbonyl (C=O) groups is 1. The van der Waals surface area contributed by atoms with Crippen molar-refractivity contribution in [3.63, 3.8) is 0 Å². The number of nitrogens with zero attached hydrogens (tertiary/aromatic N) is 1. The molecule has 1 aliphatic heterocycles. The summed E-state index contributed by atoms with van der Waals surface area (Å²) >= 11 is 0. The molecule has 0 fully saturated rings. The number of carbonyl (C=O) groups excluding carboxylic acids is 1. The van der Waals surface area contributed by atoms with E-state index in [1.165, 1.54) is 0 Å². The largest absolute Gasteiger partial charge is 0.368 e. The molecule has 0 aliphatic carbocycles. The Bertz CT molecular complexity index is 889. The molecule has 0 bridgehead atoms. The molecular weight excluding hydrogens is 260 g/mol. The molecule has 2 heterocycles. The molecule has 1 aromatic heterocycles. The Morgan fingerprint density at radius 3 is 2.67 bits per heavy atom. The van der Waals surface area contributed by atoms with Gasteiger partial charge >= 0.3 is 0 Å². The monoisotopic (exact) mass is 274 g/mol. The van der Waals surface area contributed by atoms with Gasteiger partial charge in [0, 0.05) is 16.5 Å². The topological polar surface area (TPSA) is 48.0 Å². The summed E-state index contributed by atoms with van der Waals surface area (Å²) in [6.07, 6.45) is 3.86. The average molecular weight is 274 g/mol. The van der Waals surface area contributed by atoms with Gasteiger partial charge in [0.1, 0.15) is 6.04 Å². The number of primary amides is 1. The SMILES string of the molecule is NC(=O)C1C=Cc2ccccc2-c2cc3ccccc3n21. The molecule has 2 aromatic carbocycles. The van der Waals surface area contributed by atoms with Crippen LogP contribution in [0.15, 0.2) is 60.7 Å². The van der Waals surface area contributed by atoms with E-state index in [1.807, 2.05) is 47.1 Å². The first-order valence-corrected chi connectivity index (χ1v) is 6.92. The summed E-state index contributed by atoms with van der Waals surface area (Å²) in [5.41, 5.74) is 9.90. The molecule has 3 heteroatoms. The van der Waals surface area contributed by atoms with Crippen molar-refractivity contribution in [2.24, 2.45) is 5.73 Å². The second-order valence-electron chi connectivity index (χ2n) is 5.25. The van der Waals surface area contributed by atoms with Crippen LogP contribution in [-0.2, 0) is 4.79 Å². The van der Waals surface area contributed by atoms with E-state index in [0.717, 1.165) is 27.7 Å². The molecular formula is C18H14N2O. The zero-order chi connectivity index (χ0) is 14.4. The lowest BCUT2D eigenvalue weighted by atomic mass is 10.0. The predicted molar refractivity (Wildman–Crippen MR) is 84.6 cm³/mol. The number of para-hydroxylation sites is 1. The summed E-state index contributed by atoms with van der Waals surface area (Å²) in [4.78, 5) is 11.9. The minimum absolute atomic E-state index is 0.346. The molecule has 2 N–H and O–H groups in total. The molecule has 0 saturated heterocycles. The maximum atomic E-state index is 11.9. The number of benzene rings is 2. The zero-order valence-corrected chi connectivity index (χ0v) is 11.4. The zero-order valence-electron chi connectivity index (χ0n) is 11.4. The molecule has 1 amide bonds. The molecule has 1 aliphatic rings. The van der Waals surface area contributed by atoms with E-state index in [4.69, 9.17) is 5.73 Å². The summed E-state index contributed by atoms with van der Waals surface area (Å²) in [7, 11) is 0. The van der Waals surface area contributed by atoms with Crippen molar-refractivity contribution >= 4 is 22.9 Å². The van der Waals surface area contributed by atoms with Crippen LogP contribution in [0.2, 0.25) is 0 Å². The van der Waals surface area contributed by atoms with Crippen molar-refractivity contribution in [1.29, 1.82) is 0 Å². The number of aromatic nitrogens is 1. The van der Waals surface area contributed by atoms with Crippen LogP contribution >= 0.6 is 0 Å². The molecule has 102 valence electrons. The summed E-state index contributed by atoms with van der Waals surface area (Å²) in [5, 5.41) is 1.11. The maximum Gasteiger partial charge on any atom is 0.244 e. The highest BCUT2D eigenvalue weighted by Gasteiger charge is 2.23. The lowest BCUT2D eigenvalue weighted by molar-refractivity contribution is -0.119. The van der Waals surface area contributed by atoms with Crippen LogP contribution in [0.4, 0.5) is 0 Å². The number of hydrogen-bond acceptors (Lipinski definition) is 1. The minimum Gasteiger partial charge on any atom is -0.368 e. The van der Waals surface area contributed by atoms with Crippen LogP contribution in [0.1, 0.15) is 11.6 Å². The van der Waals surface area contributed by atoms with Gasteiger partial charge in [0.05, 0.1) is 5.69 Å². The summed E-state index contributed by atoms with van der Waals surface area (Å²) < 4.78 is 2.03. The highest BCUT2D eigenvalue weighted by Crippen LogP contribution is 2.36. The molecule has 1 unspecified atom stereocenters. The first-order valence-electron chi connectivity index (χ1n) is 6.92. The second kappa shape index (κ2) is 4.35. The van der Waals surface area contributed by atoms with Gasteiger partial charge < -0.3 is 10.3 Å². The van der Waals surface area contributed by atoms with E-state index in [1.54, 1.807) is 0 Å². The first kappa shape index (κ1) is 12.0. The van der Waals surface area contributed by atoms with Gasteiger partial charge in [-0.05, 0) is 17.7 Å². The normalized spacial score (nSPS) is 16.3. The molecule has 1 atom stereocenters. The van der Waals surface area contributed by atoms with Crippen LogP contribution in [0.3, 0.4) is 0 Å². The predicted octanol–water partition coefficient (Wildman–Crippen LogP) is 3.36. The third-order valence-corrected chi connectivity index (χ3v) is 4.01. The van der Waals surface area contributed by atoms with Gasteiger partial charge in [-0.3, -0.25) is 4.79 Å². The Kier molecular flexibility index (Phi) is 2.48. The fourth-order valence-corrected chi connectivity index (χ4v) is 3.06. The Morgan fingerprint density at radius 2 is 1.81 bits per heavy atom. The summed E-state index contributed by atoms with van der Waals surface area (Å²) in [5.74, 6) is -0.346. The van der Waals surface area contributed by atoms with Gasteiger partial charge in [-0.25, -0.2) is 0 Å². The second-order valence-corrected chi connectivity index (χ2v) is 5.25. The van der Waals surface area contributed by atoms with Crippen molar-refractivity contribution in [3.8, 4) is 11.3 Å². The fraction of sp³-hybridized carbons (Fsp3) is 0.0556. The van der Waals surface area contributed by atoms with E-state index in [-0.39, 0.29) is 5.91 Å². The third-order valence-electron chi connectivity index (χ3n) is 4.01. The highest BCUT2D eigenvalue weighted by molar-refractivity contribution is 5.94. The number of hydrogen-bond donors (Lipinski definition) is 1. The smallest absolute Gasteiger partial charge is 0.244 e. The van der Waals surface area contributed by atoms with Gasteiger partial charge in [-0.2, -0.15) is 0 Å². The Balaban J connectivity index is 2.14. The number of nitrogens with two attached hydrogens (primary N) is 1. The maximum absolute atomic E-state index is 11.9. The van der Waals surface area contributed by atoms with Crippen LogP contribution < -0.4 is 5.73 Å². The minimum atomic E-state index is -0.465. The number of fused-ring (bicyclic) bond motifs is 5. The molecule has 4 rings (SSSR count). The van der Waals surface area contributed by atoms with Gasteiger partial charge in [0.15, 0.2) is 0 Å². The van der Waals surface area contributed by atoms with E-state index < -0.39 is 6.04 Å². The average Bonchev–Trinajstić information content (AvgIpc) is 2.79. The number of amides is 1. The van der Waals surface area contributed by atoms with E-state index in [0.29, 0.717) is 0 Å². The van der Waals surface area contributed by atoms with Crippen molar-refractivity contribution in [2.75, 3.05) is 0 Å².